The first-order valence-corrected chi connectivity index (χ1v) is 10.7. The highest BCUT2D eigenvalue weighted by Gasteiger charge is 2.39. The molecule has 0 aromatic rings. The molecule has 0 aliphatic rings. The summed E-state index contributed by atoms with van der Waals surface area (Å²) in [5.41, 5.74) is 0. The van der Waals surface area contributed by atoms with Crippen molar-refractivity contribution in [3.8, 4) is 0 Å². The Balaban J connectivity index is 4.26. The van der Waals surface area contributed by atoms with Crippen LogP contribution in [0.15, 0.2) is 0 Å². The third kappa shape index (κ3) is 9.36. The van der Waals surface area contributed by atoms with Gasteiger partial charge in [0.2, 0.25) is 5.91 Å². The Morgan fingerprint density at radius 3 is 1.96 bits per heavy atom. The van der Waals surface area contributed by atoms with Crippen molar-refractivity contribution in [1.82, 2.24) is 5.32 Å². The van der Waals surface area contributed by atoms with Crippen molar-refractivity contribution < 1.29 is 27.6 Å². The molecule has 1 unspecified atom stereocenters. The van der Waals surface area contributed by atoms with E-state index in [1.54, 1.807) is 13.8 Å². The minimum Gasteiger partial charge on any atom is -0.466 e. The zero-order chi connectivity index (χ0) is 18.4. The topological polar surface area (TPSA) is 83.1 Å². The predicted octanol–water partition coefficient (Wildman–Crippen LogP) is 2.13. The second-order valence-electron chi connectivity index (χ2n) is 5.29. The minimum absolute atomic E-state index is 0.0925. The van der Waals surface area contributed by atoms with Crippen LogP contribution in [-0.2, 0) is 27.6 Å². The maximum absolute atomic E-state index is 12.0. The second-order valence-corrected chi connectivity index (χ2v) is 8.02. The van der Waals surface area contributed by atoms with E-state index in [9.17, 15) is 9.59 Å². The van der Waals surface area contributed by atoms with E-state index in [1.165, 1.54) is 0 Å². The molecule has 1 amide bonds. The van der Waals surface area contributed by atoms with Gasteiger partial charge in [0.1, 0.15) is 0 Å². The van der Waals surface area contributed by atoms with Crippen molar-refractivity contribution in [2.24, 2.45) is 5.92 Å². The lowest BCUT2D eigenvalue weighted by molar-refractivity contribution is -0.146. The quantitative estimate of drug-likeness (QED) is 0.289. The average Bonchev–Trinajstić information content (AvgIpc) is 2.52. The molecule has 7 nitrogen and oxygen atoms in total. The lowest BCUT2D eigenvalue weighted by atomic mass is 10.1. The molecule has 0 bridgehead atoms. The average molecular weight is 364 g/mol. The predicted molar refractivity (Wildman–Crippen MR) is 93.5 cm³/mol. The molecule has 0 aliphatic carbocycles. The number of esters is 1. The van der Waals surface area contributed by atoms with E-state index in [-0.39, 0.29) is 18.3 Å². The van der Waals surface area contributed by atoms with Crippen LogP contribution in [0.25, 0.3) is 0 Å². The maximum Gasteiger partial charge on any atom is 0.500 e. The molecule has 1 atom stereocenters. The number of nitrogens with one attached hydrogen (secondary N) is 1. The van der Waals surface area contributed by atoms with E-state index in [1.807, 2.05) is 20.8 Å². The summed E-state index contributed by atoms with van der Waals surface area (Å²) in [5.74, 6) is -0.910. The van der Waals surface area contributed by atoms with E-state index in [0.29, 0.717) is 45.4 Å². The van der Waals surface area contributed by atoms with Crippen LogP contribution in [0.4, 0.5) is 0 Å². The molecule has 24 heavy (non-hydrogen) atoms. The molecule has 1 N–H and O–H groups in total. The molecule has 0 heterocycles. The lowest BCUT2D eigenvalue weighted by Crippen LogP contribution is -2.46. The summed E-state index contributed by atoms with van der Waals surface area (Å²) >= 11 is 0. The fourth-order valence-corrected chi connectivity index (χ4v) is 4.87. The summed E-state index contributed by atoms with van der Waals surface area (Å²) in [6.45, 7) is 11.6. The van der Waals surface area contributed by atoms with Crippen LogP contribution in [0.2, 0.25) is 6.04 Å². The van der Waals surface area contributed by atoms with Gasteiger partial charge in [-0.25, -0.2) is 0 Å². The maximum atomic E-state index is 12.0. The van der Waals surface area contributed by atoms with Crippen LogP contribution in [0.3, 0.4) is 0 Å². The Morgan fingerprint density at radius 2 is 1.50 bits per heavy atom. The SMILES string of the molecule is CCOC(=O)CC(C)C(=O)NCCC[Si](OCC)(OCC)OCC. The third-order valence-electron chi connectivity index (χ3n) is 3.28. The van der Waals surface area contributed by atoms with Crippen molar-refractivity contribution in [3.05, 3.63) is 0 Å². The summed E-state index contributed by atoms with van der Waals surface area (Å²) < 4.78 is 22.1. The van der Waals surface area contributed by atoms with Crippen molar-refractivity contribution in [2.75, 3.05) is 33.0 Å². The van der Waals surface area contributed by atoms with Crippen LogP contribution < -0.4 is 5.32 Å². The van der Waals surface area contributed by atoms with E-state index in [4.69, 9.17) is 18.0 Å². The van der Waals surface area contributed by atoms with Gasteiger partial charge in [0.05, 0.1) is 13.0 Å². The van der Waals surface area contributed by atoms with Crippen molar-refractivity contribution in [3.63, 3.8) is 0 Å². The fraction of sp³-hybridized carbons (Fsp3) is 0.875. The Labute approximate surface area is 146 Å². The summed E-state index contributed by atoms with van der Waals surface area (Å²) in [5, 5.41) is 2.84. The summed E-state index contributed by atoms with van der Waals surface area (Å²) in [6.07, 6.45) is 0.791. The molecule has 0 aromatic heterocycles. The van der Waals surface area contributed by atoms with Gasteiger partial charge < -0.3 is 23.3 Å². The molecule has 0 fully saturated rings. The van der Waals surface area contributed by atoms with Gasteiger partial charge in [0, 0.05) is 38.3 Å². The Kier molecular flexibility index (Phi) is 12.8. The van der Waals surface area contributed by atoms with E-state index < -0.39 is 14.7 Å². The molecule has 0 radical (unpaired) electrons. The van der Waals surface area contributed by atoms with Crippen LogP contribution in [0, 0.1) is 5.92 Å². The van der Waals surface area contributed by atoms with E-state index in [0.717, 1.165) is 0 Å². The summed E-state index contributed by atoms with van der Waals surface area (Å²) in [7, 11) is -2.66. The molecular formula is C16H33NO6Si. The molecule has 0 saturated heterocycles. The number of rotatable bonds is 14. The second kappa shape index (κ2) is 13.3. The Hall–Kier alpha value is -0.963. The van der Waals surface area contributed by atoms with Gasteiger partial charge in [0.15, 0.2) is 0 Å². The summed E-state index contributed by atoms with van der Waals surface area (Å²) in [4.78, 5) is 23.4. The smallest absolute Gasteiger partial charge is 0.466 e. The van der Waals surface area contributed by atoms with Gasteiger partial charge in [-0.3, -0.25) is 9.59 Å². The number of carbonyl (C=O) groups is 2. The number of hydrogen-bond donors (Lipinski definition) is 1. The first kappa shape index (κ1) is 23.0. The molecule has 0 rings (SSSR count). The molecule has 8 heteroatoms. The first-order valence-electron chi connectivity index (χ1n) is 8.79. The third-order valence-corrected chi connectivity index (χ3v) is 6.43. The highest BCUT2D eigenvalue weighted by Crippen LogP contribution is 2.17. The standard InChI is InChI=1S/C16H33NO6Si/c1-6-20-15(18)13-14(5)16(19)17-11-10-12-24(21-7-2,22-8-3)23-9-4/h14H,6-13H2,1-5H3,(H,17,19). The zero-order valence-corrected chi connectivity index (χ0v) is 16.7. The number of ether oxygens (including phenoxy) is 1. The van der Waals surface area contributed by atoms with Gasteiger partial charge in [-0.2, -0.15) is 0 Å². The van der Waals surface area contributed by atoms with Gasteiger partial charge in [-0.05, 0) is 34.1 Å². The molecular weight excluding hydrogens is 330 g/mol. The molecule has 142 valence electrons. The lowest BCUT2D eigenvalue weighted by Gasteiger charge is -2.28. The van der Waals surface area contributed by atoms with Gasteiger partial charge in [-0.1, -0.05) is 6.92 Å². The van der Waals surface area contributed by atoms with Crippen LogP contribution >= 0.6 is 0 Å². The molecule has 0 aromatic carbocycles. The summed E-state index contributed by atoms with van der Waals surface area (Å²) in [6, 6.07) is 0.648. The molecule has 0 aliphatic heterocycles. The van der Waals surface area contributed by atoms with Crippen molar-refractivity contribution in [1.29, 1.82) is 0 Å². The van der Waals surface area contributed by atoms with Crippen LogP contribution in [0.5, 0.6) is 0 Å². The highest BCUT2D eigenvalue weighted by molar-refractivity contribution is 6.60. The molecule has 0 spiro atoms. The number of amides is 1. The monoisotopic (exact) mass is 363 g/mol. The fourth-order valence-electron chi connectivity index (χ4n) is 2.25. The zero-order valence-electron chi connectivity index (χ0n) is 15.7. The highest BCUT2D eigenvalue weighted by atomic mass is 28.4. The van der Waals surface area contributed by atoms with Gasteiger partial charge in [0.25, 0.3) is 0 Å². The van der Waals surface area contributed by atoms with Gasteiger partial charge in [-0.15, -0.1) is 0 Å². The van der Waals surface area contributed by atoms with Crippen LogP contribution in [-0.4, -0.2) is 53.7 Å². The van der Waals surface area contributed by atoms with E-state index in [2.05, 4.69) is 5.32 Å². The normalized spacial score (nSPS) is 12.7. The van der Waals surface area contributed by atoms with Crippen LogP contribution in [0.1, 0.15) is 47.5 Å². The minimum atomic E-state index is -2.66. The van der Waals surface area contributed by atoms with Gasteiger partial charge >= 0.3 is 14.8 Å². The largest absolute Gasteiger partial charge is 0.500 e. The van der Waals surface area contributed by atoms with Crippen molar-refractivity contribution >= 4 is 20.7 Å². The first-order chi connectivity index (χ1) is 11.4. The number of hydrogen-bond acceptors (Lipinski definition) is 6. The Bertz CT molecular complexity index is 349. The van der Waals surface area contributed by atoms with Crippen molar-refractivity contribution in [2.45, 2.75) is 53.5 Å². The number of carbonyl (C=O) groups excluding carboxylic acids is 2. The Morgan fingerprint density at radius 1 is 0.958 bits per heavy atom. The van der Waals surface area contributed by atoms with E-state index >= 15 is 0 Å². The molecule has 0 saturated carbocycles.